The summed E-state index contributed by atoms with van der Waals surface area (Å²) in [6.07, 6.45) is 6.35. The number of hydroxylamine groups is 2. The van der Waals surface area contributed by atoms with E-state index in [2.05, 4.69) is 9.97 Å². The number of nitro groups is 1. The zero-order chi connectivity index (χ0) is 16.4. The van der Waals surface area contributed by atoms with Gasteiger partial charge in [0.15, 0.2) is 0 Å². The van der Waals surface area contributed by atoms with Gasteiger partial charge < -0.3 is 5.21 Å². The van der Waals surface area contributed by atoms with Crippen LogP contribution < -0.4 is 4.65 Å². The highest BCUT2D eigenvalue weighted by Gasteiger charge is 2.36. The summed E-state index contributed by atoms with van der Waals surface area (Å²) in [5.41, 5.74) is 1.30. The average molecular weight is 334 g/mol. The van der Waals surface area contributed by atoms with Gasteiger partial charge in [0.1, 0.15) is 5.37 Å². The van der Waals surface area contributed by atoms with Crippen molar-refractivity contribution in [1.82, 2.24) is 14.6 Å². The summed E-state index contributed by atoms with van der Waals surface area (Å²) in [5, 5.41) is 24.1. The van der Waals surface area contributed by atoms with Gasteiger partial charge in [-0.2, -0.15) is 4.98 Å². The SMILES string of the molecule is CSC1CCCC[N+]1([O-])c1ncc(-c2cccc([N+](=O)[O-])c2)[nH]1. The van der Waals surface area contributed by atoms with Crippen molar-refractivity contribution < 1.29 is 4.92 Å². The Labute approximate surface area is 138 Å². The summed E-state index contributed by atoms with van der Waals surface area (Å²) < 4.78 is -0.462. The van der Waals surface area contributed by atoms with Crippen molar-refractivity contribution in [1.29, 1.82) is 0 Å². The number of nitrogens with one attached hydrogen (secondary N) is 1. The van der Waals surface area contributed by atoms with Crippen molar-refractivity contribution in [2.75, 3.05) is 12.8 Å². The number of hydrogen-bond acceptors (Lipinski definition) is 5. The second-order valence-corrected chi connectivity index (χ2v) is 6.65. The molecule has 0 saturated carbocycles. The van der Waals surface area contributed by atoms with E-state index in [0.29, 0.717) is 23.8 Å². The van der Waals surface area contributed by atoms with Crippen LogP contribution in [-0.2, 0) is 0 Å². The molecule has 1 fully saturated rings. The fourth-order valence-corrected chi connectivity index (χ4v) is 3.93. The van der Waals surface area contributed by atoms with Gasteiger partial charge in [0.2, 0.25) is 0 Å². The van der Waals surface area contributed by atoms with Crippen LogP contribution in [0.5, 0.6) is 0 Å². The lowest BCUT2D eigenvalue weighted by Crippen LogP contribution is -2.53. The standard InChI is InChI=1S/C15H18N4O3S/c1-23-14-7-2-3-8-19(14,22)15-16-10-13(17-15)11-5-4-6-12(9-11)18(20)21/h4-6,9-10,14H,2-3,7-8H2,1H3,(H,16,17). The van der Waals surface area contributed by atoms with Gasteiger partial charge in [0.05, 0.1) is 23.4 Å². The number of aromatic amines is 1. The number of aromatic nitrogens is 2. The lowest BCUT2D eigenvalue weighted by Gasteiger charge is -2.47. The molecule has 1 saturated heterocycles. The molecule has 0 aliphatic carbocycles. The Hall–Kier alpha value is -1.90. The molecule has 122 valence electrons. The number of benzene rings is 1. The highest BCUT2D eigenvalue weighted by Crippen LogP contribution is 2.36. The van der Waals surface area contributed by atoms with Crippen molar-refractivity contribution in [2.45, 2.75) is 24.6 Å². The van der Waals surface area contributed by atoms with E-state index in [1.807, 2.05) is 6.26 Å². The molecule has 3 rings (SSSR count). The van der Waals surface area contributed by atoms with E-state index >= 15 is 0 Å². The number of nitro benzene ring substituents is 1. The molecule has 2 heterocycles. The normalized spacial score (nSPS) is 24.5. The zero-order valence-corrected chi connectivity index (χ0v) is 13.6. The summed E-state index contributed by atoms with van der Waals surface area (Å²) in [6.45, 7) is 0.507. The Balaban J connectivity index is 1.94. The number of imidazole rings is 1. The third kappa shape index (κ3) is 2.97. The Morgan fingerprint density at radius 1 is 1.43 bits per heavy atom. The summed E-state index contributed by atoms with van der Waals surface area (Å²) in [4.78, 5) is 17.8. The third-order valence-corrected chi connectivity index (χ3v) is 5.34. The Bertz CT molecular complexity index is 720. The van der Waals surface area contributed by atoms with Gasteiger partial charge in [-0.15, -0.1) is 11.8 Å². The van der Waals surface area contributed by atoms with Crippen LogP contribution in [0, 0.1) is 15.3 Å². The molecule has 2 aromatic rings. The first-order chi connectivity index (χ1) is 11.0. The number of quaternary nitrogens is 1. The average Bonchev–Trinajstić information content (AvgIpc) is 3.06. The van der Waals surface area contributed by atoms with Gasteiger partial charge in [-0.1, -0.05) is 12.1 Å². The van der Waals surface area contributed by atoms with Crippen LogP contribution in [0.2, 0.25) is 0 Å². The van der Waals surface area contributed by atoms with Crippen molar-refractivity contribution in [3.8, 4) is 11.3 Å². The van der Waals surface area contributed by atoms with Gasteiger partial charge in [-0.25, -0.2) is 0 Å². The number of non-ortho nitro benzene ring substituents is 1. The lowest BCUT2D eigenvalue weighted by atomic mass is 10.1. The topological polar surface area (TPSA) is 94.9 Å². The summed E-state index contributed by atoms with van der Waals surface area (Å²) in [7, 11) is 0. The first-order valence-corrected chi connectivity index (χ1v) is 8.75. The van der Waals surface area contributed by atoms with Crippen LogP contribution in [0.25, 0.3) is 11.3 Å². The van der Waals surface area contributed by atoms with E-state index in [9.17, 15) is 15.3 Å². The van der Waals surface area contributed by atoms with Crippen LogP contribution in [0.4, 0.5) is 11.6 Å². The fourth-order valence-electron chi connectivity index (χ4n) is 2.99. The van der Waals surface area contributed by atoms with Crippen molar-refractivity contribution in [2.24, 2.45) is 0 Å². The van der Waals surface area contributed by atoms with Gasteiger partial charge in [-0.3, -0.25) is 19.7 Å². The van der Waals surface area contributed by atoms with E-state index < -0.39 is 9.57 Å². The molecule has 1 aromatic heterocycles. The van der Waals surface area contributed by atoms with E-state index in [4.69, 9.17) is 0 Å². The summed E-state index contributed by atoms with van der Waals surface area (Å²) >= 11 is 1.57. The van der Waals surface area contributed by atoms with Crippen LogP contribution in [0.1, 0.15) is 19.3 Å². The second kappa shape index (κ2) is 6.31. The molecule has 7 nitrogen and oxygen atoms in total. The smallest absolute Gasteiger partial charge is 0.307 e. The summed E-state index contributed by atoms with van der Waals surface area (Å²) in [5.74, 6) is 0.380. The zero-order valence-electron chi connectivity index (χ0n) is 12.8. The largest absolute Gasteiger partial charge is 0.624 e. The van der Waals surface area contributed by atoms with E-state index in [1.165, 1.54) is 12.1 Å². The maximum absolute atomic E-state index is 13.2. The van der Waals surface area contributed by atoms with Crippen molar-refractivity contribution in [3.63, 3.8) is 0 Å². The highest BCUT2D eigenvalue weighted by molar-refractivity contribution is 7.99. The van der Waals surface area contributed by atoms with Gasteiger partial charge in [0.25, 0.3) is 5.69 Å². The molecule has 1 aliphatic rings. The molecular formula is C15H18N4O3S. The molecular weight excluding hydrogens is 316 g/mol. The quantitative estimate of drug-likeness (QED) is 0.398. The molecule has 1 N–H and O–H groups in total. The molecule has 2 unspecified atom stereocenters. The second-order valence-electron chi connectivity index (χ2n) is 5.63. The van der Waals surface area contributed by atoms with E-state index in [0.717, 1.165) is 19.3 Å². The van der Waals surface area contributed by atoms with Gasteiger partial charge in [0, 0.05) is 24.1 Å². The van der Waals surface area contributed by atoms with Gasteiger partial charge in [-0.05, 0) is 19.1 Å². The number of piperidine rings is 1. The molecule has 0 radical (unpaired) electrons. The third-order valence-electron chi connectivity index (χ3n) is 4.22. The maximum Gasteiger partial charge on any atom is 0.307 e. The Morgan fingerprint density at radius 2 is 2.26 bits per heavy atom. The lowest BCUT2D eigenvalue weighted by molar-refractivity contribution is -0.384. The number of hydrogen-bond donors (Lipinski definition) is 1. The Kier molecular flexibility index (Phi) is 4.38. The van der Waals surface area contributed by atoms with Crippen molar-refractivity contribution >= 4 is 23.4 Å². The minimum absolute atomic E-state index is 0.0182. The van der Waals surface area contributed by atoms with Crippen LogP contribution >= 0.6 is 11.8 Å². The van der Waals surface area contributed by atoms with E-state index in [1.54, 1.807) is 30.1 Å². The molecule has 1 aliphatic heterocycles. The van der Waals surface area contributed by atoms with Crippen LogP contribution in [0.3, 0.4) is 0 Å². The number of thioether (sulfide) groups is 1. The van der Waals surface area contributed by atoms with Gasteiger partial charge >= 0.3 is 5.95 Å². The monoisotopic (exact) mass is 334 g/mol. The molecule has 0 bridgehead atoms. The molecule has 8 heteroatoms. The minimum Gasteiger partial charge on any atom is -0.624 e. The summed E-state index contributed by atoms with van der Waals surface area (Å²) in [6, 6.07) is 6.31. The van der Waals surface area contributed by atoms with E-state index in [-0.39, 0.29) is 11.1 Å². The first-order valence-electron chi connectivity index (χ1n) is 7.46. The van der Waals surface area contributed by atoms with Crippen LogP contribution in [0.15, 0.2) is 30.5 Å². The number of nitrogens with zero attached hydrogens (tertiary/aromatic N) is 3. The molecule has 23 heavy (non-hydrogen) atoms. The minimum atomic E-state index is -0.462. The fraction of sp³-hybridized carbons (Fsp3) is 0.400. The predicted molar refractivity (Wildman–Crippen MR) is 91.9 cm³/mol. The molecule has 1 aromatic carbocycles. The molecule has 0 spiro atoms. The number of rotatable bonds is 4. The molecule has 0 amide bonds. The highest BCUT2D eigenvalue weighted by atomic mass is 32.2. The molecule has 2 atom stereocenters. The first kappa shape index (κ1) is 16.0. The maximum atomic E-state index is 13.2. The van der Waals surface area contributed by atoms with Crippen molar-refractivity contribution in [3.05, 3.63) is 45.8 Å². The predicted octanol–water partition coefficient (Wildman–Crippen LogP) is 3.66. The Morgan fingerprint density at radius 3 is 3.00 bits per heavy atom. The number of H-pyrrole nitrogens is 1. The van der Waals surface area contributed by atoms with Crippen LogP contribution in [-0.4, -0.2) is 33.1 Å².